The highest BCUT2D eigenvalue weighted by atomic mass is 16.5. The third-order valence-corrected chi connectivity index (χ3v) is 1.42. The lowest BCUT2D eigenvalue weighted by Crippen LogP contribution is -1.93. The maximum absolute atomic E-state index is 8.67. The van der Waals surface area contributed by atoms with Gasteiger partial charge in [0.15, 0.2) is 0 Å². The molecule has 1 rings (SSSR count). The van der Waals surface area contributed by atoms with Crippen molar-refractivity contribution in [1.82, 2.24) is 10.2 Å². The van der Waals surface area contributed by atoms with Crippen LogP contribution in [-0.2, 0) is 17.8 Å². The van der Waals surface area contributed by atoms with Crippen molar-refractivity contribution in [2.45, 2.75) is 13.0 Å². The van der Waals surface area contributed by atoms with Crippen LogP contribution in [0.2, 0.25) is 0 Å². The molecule has 4 nitrogen and oxygen atoms in total. The molecule has 0 fully saturated rings. The fourth-order valence-corrected chi connectivity index (χ4v) is 0.825. The number of hydrogen-bond acceptors (Lipinski definition) is 3. The number of aromatic nitrogens is 2. The van der Waals surface area contributed by atoms with Crippen molar-refractivity contribution in [3.8, 4) is 0 Å². The summed E-state index contributed by atoms with van der Waals surface area (Å²) in [5, 5.41) is 15.3. The topological polar surface area (TPSA) is 58.1 Å². The highest BCUT2D eigenvalue weighted by Crippen LogP contribution is 1.99. The fourth-order valence-electron chi connectivity index (χ4n) is 0.825. The maximum atomic E-state index is 8.67. The molecule has 0 spiro atoms. The van der Waals surface area contributed by atoms with Gasteiger partial charge in [0, 0.05) is 13.5 Å². The molecule has 0 unspecified atom stereocenters. The molecular weight excluding hydrogens is 144 g/mol. The molecule has 0 aromatic carbocycles. The van der Waals surface area contributed by atoms with E-state index in [-0.39, 0.29) is 6.61 Å². The first-order valence-electron chi connectivity index (χ1n) is 3.49. The Morgan fingerprint density at radius 1 is 1.73 bits per heavy atom. The molecule has 0 radical (unpaired) electrons. The number of ether oxygens (including phenoxy) is 1. The van der Waals surface area contributed by atoms with Crippen LogP contribution < -0.4 is 0 Å². The van der Waals surface area contributed by atoms with Crippen molar-refractivity contribution in [2.24, 2.45) is 0 Å². The quantitative estimate of drug-likeness (QED) is 0.649. The molecular formula is C7H12N2O2. The SMILES string of the molecule is COCCc1cc(CO)[nH]n1. The second-order valence-electron chi connectivity index (χ2n) is 2.29. The third-order valence-electron chi connectivity index (χ3n) is 1.42. The first-order valence-corrected chi connectivity index (χ1v) is 3.49. The van der Waals surface area contributed by atoms with Crippen LogP contribution in [0.3, 0.4) is 0 Å². The Morgan fingerprint density at radius 2 is 2.55 bits per heavy atom. The molecule has 0 amide bonds. The number of aliphatic hydroxyl groups is 1. The second kappa shape index (κ2) is 4.10. The Morgan fingerprint density at radius 3 is 3.09 bits per heavy atom. The zero-order valence-corrected chi connectivity index (χ0v) is 6.50. The molecule has 0 aliphatic rings. The first-order chi connectivity index (χ1) is 5.36. The number of nitrogens with zero attached hydrogens (tertiary/aromatic N) is 1. The molecule has 0 aliphatic heterocycles. The molecule has 0 saturated carbocycles. The summed E-state index contributed by atoms with van der Waals surface area (Å²) in [6.45, 7) is 0.676. The monoisotopic (exact) mass is 156 g/mol. The standard InChI is InChI=1S/C7H12N2O2/c1-11-3-2-6-4-7(5-10)9-8-6/h4,10H,2-3,5H2,1H3,(H,8,9). The van der Waals surface area contributed by atoms with Crippen LogP contribution in [0.5, 0.6) is 0 Å². The Kier molecular flexibility index (Phi) is 3.07. The van der Waals surface area contributed by atoms with Crippen molar-refractivity contribution in [2.75, 3.05) is 13.7 Å². The summed E-state index contributed by atoms with van der Waals surface area (Å²) in [6, 6.07) is 1.83. The van der Waals surface area contributed by atoms with Crippen LogP contribution in [-0.4, -0.2) is 29.0 Å². The molecule has 1 aromatic rings. The van der Waals surface area contributed by atoms with E-state index in [0.717, 1.165) is 17.8 Å². The van der Waals surface area contributed by atoms with E-state index in [2.05, 4.69) is 10.2 Å². The molecule has 0 saturated heterocycles. The van der Waals surface area contributed by atoms with Gasteiger partial charge >= 0.3 is 0 Å². The minimum absolute atomic E-state index is 0.0139. The van der Waals surface area contributed by atoms with E-state index in [1.54, 1.807) is 7.11 Å². The number of methoxy groups -OCH3 is 1. The van der Waals surface area contributed by atoms with Gasteiger partial charge in [-0.3, -0.25) is 5.10 Å². The lowest BCUT2D eigenvalue weighted by molar-refractivity contribution is 0.201. The Balaban J connectivity index is 2.44. The number of hydrogen-bond donors (Lipinski definition) is 2. The second-order valence-corrected chi connectivity index (χ2v) is 2.29. The largest absolute Gasteiger partial charge is 0.390 e. The highest BCUT2D eigenvalue weighted by Gasteiger charge is 1.98. The minimum atomic E-state index is 0.0139. The summed E-state index contributed by atoms with van der Waals surface area (Å²) >= 11 is 0. The lowest BCUT2D eigenvalue weighted by atomic mass is 10.3. The van der Waals surface area contributed by atoms with Crippen molar-refractivity contribution in [3.05, 3.63) is 17.5 Å². The smallest absolute Gasteiger partial charge is 0.0847 e. The minimum Gasteiger partial charge on any atom is -0.390 e. The maximum Gasteiger partial charge on any atom is 0.0847 e. The Bertz CT molecular complexity index is 210. The summed E-state index contributed by atoms with van der Waals surface area (Å²) in [4.78, 5) is 0. The van der Waals surface area contributed by atoms with Crippen LogP contribution in [0.25, 0.3) is 0 Å². The summed E-state index contributed by atoms with van der Waals surface area (Å²) < 4.78 is 4.87. The van der Waals surface area contributed by atoms with Crippen LogP contribution in [0, 0.1) is 0 Å². The molecule has 4 heteroatoms. The van der Waals surface area contributed by atoms with E-state index < -0.39 is 0 Å². The molecule has 1 aromatic heterocycles. The zero-order valence-electron chi connectivity index (χ0n) is 6.50. The lowest BCUT2D eigenvalue weighted by Gasteiger charge is -1.91. The van der Waals surface area contributed by atoms with Gasteiger partial charge in [-0.15, -0.1) is 0 Å². The Labute approximate surface area is 65.2 Å². The van der Waals surface area contributed by atoms with Crippen LogP contribution in [0.1, 0.15) is 11.4 Å². The van der Waals surface area contributed by atoms with Crippen LogP contribution in [0.15, 0.2) is 6.07 Å². The average molecular weight is 156 g/mol. The van der Waals surface area contributed by atoms with E-state index in [4.69, 9.17) is 9.84 Å². The highest BCUT2D eigenvalue weighted by molar-refractivity contribution is 5.07. The average Bonchev–Trinajstić information content (AvgIpc) is 2.48. The normalized spacial score (nSPS) is 10.4. The number of rotatable bonds is 4. The molecule has 62 valence electrons. The number of aliphatic hydroxyl groups excluding tert-OH is 1. The van der Waals surface area contributed by atoms with Gasteiger partial charge in [-0.05, 0) is 6.07 Å². The molecule has 1 heterocycles. The van der Waals surface area contributed by atoms with Crippen molar-refractivity contribution in [3.63, 3.8) is 0 Å². The van der Waals surface area contributed by atoms with Gasteiger partial charge < -0.3 is 9.84 Å². The Hall–Kier alpha value is -0.870. The summed E-state index contributed by atoms with van der Waals surface area (Å²) in [5.41, 5.74) is 1.67. The van der Waals surface area contributed by atoms with Gasteiger partial charge in [-0.2, -0.15) is 5.10 Å². The third kappa shape index (κ3) is 2.32. The van der Waals surface area contributed by atoms with Crippen molar-refractivity contribution in [1.29, 1.82) is 0 Å². The van der Waals surface area contributed by atoms with Gasteiger partial charge in [-0.1, -0.05) is 0 Å². The summed E-state index contributed by atoms with van der Waals surface area (Å²) in [7, 11) is 1.65. The van der Waals surface area contributed by atoms with Gasteiger partial charge in [0.2, 0.25) is 0 Å². The summed E-state index contributed by atoms with van der Waals surface area (Å²) in [5.74, 6) is 0. The van der Waals surface area contributed by atoms with Crippen LogP contribution >= 0.6 is 0 Å². The predicted octanol–water partition coefficient (Wildman–Crippen LogP) is 0.0909. The van der Waals surface area contributed by atoms with Crippen molar-refractivity contribution < 1.29 is 9.84 Å². The number of nitrogens with one attached hydrogen (secondary N) is 1. The number of H-pyrrole nitrogens is 1. The van der Waals surface area contributed by atoms with Crippen molar-refractivity contribution >= 4 is 0 Å². The van der Waals surface area contributed by atoms with Gasteiger partial charge in [0.25, 0.3) is 0 Å². The number of aromatic amines is 1. The van der Waals surface area contributed by atoms with Gasteiger partial charge in [0.1, 0.15) is 0 Å². The van der Waals surface area contributed by atoms with Gasteiger partial charge in [-0.25, -0.2) is 0 Å². The van der Waals surface area contributed by atoms with Crippen LogP contribution in [0.4, 0.5) is 0 Å². The predicted molar refractivity (Wildman–Crippen MR) is 40.1 cm³/mol. The van der Waals surface area contributed by atoms with E-state index >= 15 is 0 Å². The molecule has 0 aliphatic carbocycles. The molecule has 0 bridgehead atoms. The molecule has 11 heavy (non-hydrogen) atoms. The van der Waals surface area contributed by atoms with E-state index in [0.29, 0.717) is 6.61 Å². The molecule has 2 N–H and O–H groups in total. The molecule has 0 atom stereocenters. The van der Waals surface area contributed by atoms with E-state index in [1.165, 1.54) is 0 Å². The summed E-state index contributed by atoms with van der Waals surface area (Å²) in [6.07, 6.45) is 0.785. The van der Waals surface area contributed by atoms with E-state index in [9.17, 15) is 0 Å². The fraction of sp³-hybridized carbons (Fsp3) is 0.571. The first kappa shape index (κ1) is 8.23. The van der Waals surface area contributed by atoms with Gasteiger partial charge in [0.05, 0.1) is 24.6 Å². The van der Waals surface area contributed by atoms with E-state index in [1.807, 2.05) is 6.07 Å². The zero-order chi connectivity index (χ0) is 8.10.